The Labute approximate surface area is 167 Å². The molecule has 0 spiro atoms. The summed E-state index contributed by atoms with van der Waals surface area (Å²) in [6, 6.07) is 13.4. The van der Waals surface area contributed by atoms with Crippen LogP contribution in [0.4, 0.5) is 18.9 Å². The minimum absolute atomic E-state index is 0.0276. The first kappa shape index (κ1) is 22.3. The molecule has 2 N–H and O–H groups in total. The van der Waals surface area contributed by atoms with Crippen LogP contribution in [0.2, 0.25) is 0 Å². The number of carbonyl (C=O) groups is 2. The summed E-state index contributed by atoms with van der Waals surface area (Å²) in [6.07, 6.45) is -4.20. The molecule has 0 radical (unpaired) electrons. The molecular formula is C21H23F3N2O3. The first-order valence-corrected chi connectivity index (χ1v) is 9.09. The summed E-state index contributed by atoms with van der Waals surface area (Å²) in [7, 11) is 0. The molecule has 5 nitrogen and oxygen atoms in total. The van der Waals surface area contributed by atoms with Crippen LogP contribution in [-0.4, -0.2) is 24.6 Å². The van der Waals surface area contributed by atoms with Gasteiger partial charge in [0.15, 0.2) is 6.61 Å². The van der Waals surface area contributed by atoms with Gasteiger partial charge in [-0.05, 0) is 23.6 Å². The zero-order valence-corrected chi connectivity index (χ0v) is 16.1. The SMILES string of the molecule is CC(C)CC(=O)NC(C(=O)Nc1cccc(OCC(F)(F)F)c1)c1ccccc1. The van der Waals surface area contributed by atoms with Crippen molar-refractivity contribution in [3.8, 4) is 5.75 Å². The van der Waals surface area contributed by atoms with Gasteiger partial charge in [0, 0.05) is 18.2 Å². The minimum atomic E-state index is -4.46. The van der Waals surface area contributed by atoms with Crippen LogP contribution >= 0.6 is 0 Å². The number of alkyl halides is 3. The lowest BCUT2D eigenvalue weighted by Gasteiger charge is -2.20. The van der Waals surface area contributed by atoms with E-state index in [-0.39, 0.29) is 29.7 Å². The highest BCUT2D eigenvalue weighted by Gasteiger charge is 2.28. The maximum atomic E-state index is 12.8. The van der Waals surface area contributed by atoms with Crippen LogP contribution in [0.15, 0.2) is 54.6 Å². The summed E-state index contributed by atoms with van der Waals surface area (Å²) < 4.78 is 41.7. The number of carbonyl (C=O) groups excluding carboxylic acids is 2. The van der Waals surface area contributed by atoms with Gasteiger partial charge < -0.3 is 15.4 Å². The third kappa shape index (κ3) is 7.85. The summed E-state index contributed by atoms with van der Waals surface area (Å²) in [6.45, 7) is 2.36. The van der Waals surface area contributed by atoms with Crippen molar-refractivity contribution in [1.82, 2.24) is 5.32 Å². The summed E-state index contributed by atoms with van der Waals surface area (Å²) in [5.41, 5.74) is 0.847. The summed E-state index contributed by atoms with van der Waals surface area (Å²) in [4.78, 5) is 25.0. The van der Waals surface area contributed by atoms with Crippen LogP contribution in [-0.2, 0) is 9.59 Å². The monoisotopic (exact) mass is 408 g/mol. The first-order chi connectivity index (χ1) is 13.6. The molecule has 2 aromatic carbocycles. The van der Waals surface area contributed by atoms with Crippen LogP contribution in [0.3, 0.4) is 0 Å². The van der Waals surface area contributed by atoms with Gasteiger partial charge in [-0.3, -0.25) is 9.59 Å². The molecule has 8 heteroatoms. The summed E-state index contributed by atoms with van der Waals surface area (Å²) >= 11 is 0. The Bertz CT molecular complexity index is 823. The first-order valence-electron chi connectivity index (χ1n) is 9.09. The molecule has 2 amide bonds. The second-order valence-electron chi connectivity index (χ2n) is 6.93. The van der Waals surface area contributed by atoms with E-state index in [1.165, 1.54) is 24.3 Å². The number of rotatable bonds is 8. The fourth-order valence-corrected chi connectivity index (χ4v) is 2.58. The highest BCUT2D eigenvalue weighted by Crippen LogP contribution is 2.23. The van der Waals surface area contributed by atoms with Gasteiger partial charge in [-0.2, -0.15) is 13.2 Å². The number of nitrogens with one attached hydrogen (secondary N) is 2. The van der Waals surface area contributed by atoms with Crippen molar-refractivity contribution in [2.75, 3.05) is 11.9 Å². The number of ether oxygens (including phenoxy) is 1. The number of halogens is 3. The van der Waals surface area contributed by atoms with E-state index in [0.717, 1.165) is 0 Å². The van der Waals surface area contributed by atoms with E-state index in [0.29, 0.717) is 5.56 Å². The number of amides is 2. The maximum absolute atomic E-state index is 12.8. The Morgan fingerprint density at radius 3 is 2.34 bits per heavy atom. The van der Waals surface area contributed by atoms with Gasteiger partial charge in [-0.1, -0.05) is 50.2 Å². The largest absolute Gasteiger partial charge is 0.484 e. The maximum Gasteiger partial charge on any atom is 0.422 e. The van der Waals surface area contributed by atoms with Crippen molar-refractivity contribution >= 4 is 17.5 Å². The van der Waals surface area contributed by atoms with Crippen LogP contribution in [0.1, 0.15) is 31.9 Å². The Morgan fingerprint density at radius 2 is 1.72 bits per heavy atom. The molecule has 0 aliphatic rings. The third-order valence-corrected chi connectivity index (χ3v) is 3.80. The molecule has 1 unspecified atom stereocenters. The van der Waals surface area contributed by atoms with Gasteiger partial charge in [-0.15, -0.1) is 0 Å². The van der Waals surface area contributed by atoms with E-state index >= 15 is 0 Å². The molecule has 0 saturated heterocycles. The standard InChI is InChI=1S/C21H23F3N2O3/c1-14(2)11-18(27)26-19(15-7-4-3-5-8-15)20(28)25-16-9-6-10-17(12-16)29-13-21(22,23)24/h3-10,12,14,19H,11,13H2,1-2H3,(H,25,28)(H,26,27). The molecule has 1 atom stereocenters. The fraction of sp³-hybridized carbons (Fsp3) is 0.333. The zero-order chi connectivity index (χ0) is 21.4. The quantitative estimate of drug-likeness (QED) is 0.677. The number of hydrogen-bond acceptors (Lipinski definition) is 3. The van der Waals surface area contributed by atoms with Gasteiger partial charge in [-0.25, -0.2) is 0 Å². The molecule has 2 aromatic rings. The highest BCUT2D eigenvalue weighted by atomic mass is 19.4. The van der Waals surface area contributed by atoms with Crippen LogP contribution in [0.5, 0.6) is 5.75 Å². The van der Waals surface area contributed by atoms with E-state index in [1.807, 2.05) is 13.8 Å². The van der Waals surface area contributed by atoms with Gasteiger partial charge >= 0.3 is 6.18 Å². The van der Waals surface area contributed by atoms with E-state index in [4.69, 9.17) is 4.74 Å². The van der Waals surface area contributed by atoms with E-state index in [2.05, 4.69) is 10.6 Å². The highest BCUT2D eigenvalue weighted by molar-refractivity contribution is 5.98. The molecule has 0 saturated carbocycles. The Balaban J connectivity index is 2.14. The molecule has 0 fully saturated rings. The lowest BCUT2D eigenvalue weighted by Crippen LogP contribution is -2.37. The Hall–Kier alpha value is -3.03. The Morgan fingerprint density at radius 1 is 1.03 bits per heavy atom. The molecule has 156 valence electrons. The van der Waals surface area contributed by atoms with Crippen molar-refractivity contribution in [3.63, 3.8) is 0 Å². The second kappa shape index (κ2) is 9.95. The summed E-state index contributed by atoms with van der Waals surface area (Å²) in [5.74, 6) is -0.690. The molecule has 0 bridgehead atoms. The second-order valence-corrected chi connectivity index (χ2v) is 6.93. The Kier molecular flexibility index (Phi) is 7.64. The summed E-state index contributed by atoms with van der Waals surface area (Å²) in [5, 5.41) is 5.34. The van der Waals surface area contributed by atoms with Crippen molar-refractivity contribution in [2.45, 2.75) is 32.5 Å². The van der Waals surface area contributed by atoms with Gasteiger partial charge in [0.25, 0.3) is 5.91 Å². The number of anilines is 1. The molecule has 2 rings (SSSR count). The third-order valence-electron chi connectivity index (χ3n) is 3.80. The van der Waals surface area contributed by atoms with E-state index in [1.54, 1.807) is 30.3 Å². The lowest BCUT2D eigenvalue weighted by atomic mass is 10.0. The average molecular weight is 408 g/mol. The molecule has 0 aliphatic carbocycles. The minimum Gasteiger partial charge on any atom is -0.484 e. The van der Waals surface area contributed by atoms with Crippen LogP contribution in [0, 0.1) is 5.92 Å². The van der Waals surface area contributed by atoms with Crippen LogP contribution < -0.4 is 15.4 Å². The predicted molar refractivity (Wildman–Crippen MR) is 103 cm³/mol. The fourth-order valence-electron chi connectivity index (χ4n) is 2.58. The van der Waals surface area contributed by atoms with Gasteiger partial charge in [0.1, 0.15) is 11.8 Å². The number of hydrogen-bond donors (Lipinski definition) is 2. The van der Waals surface area contributed by atoms with Crippen molar-refractivity contribution in [3.05, 3.63) is 60.2 Å². The molecule has 0 aliphatic heterocycles. The number of benzene rings is 2. The van der Waals surface area contributed by atoms with E-state index in [9.17, 15) is 22.8 Å². The zero-order valence-electron chi connectivity index (χ0n) is 16.1. The molecular weight excluding hydrogens is 385 g/mol. The van der Waals surface area contributed by atoms with Gasteiger partial charge in [0.2, 0.25) is 5.91 Å². The topological polar surface area (TPSA) is 67.4 Å². The normalized spacial score (nSPS) is 12.3. The smallest absolute Gasteiger partial charge is 0.422 e. The molecule has 29 heavy (non-hydrogen) atoms. The van der Waals surface area contributed by atoms with E-state index < -0.39 is 24.7 Å². The van der Waals surface area contributed by atoms with Crippen molar-refractivity contribution in [2.24, 2.45) is 5.92 Å². The van der Waals surface area contributed by atoms with Gasteiger partial charge in [0.05, 0.1) is 0 Å². The van der Waals surface area contributed by atoms with Crippen molar-refractivity contribution in [1.29, 1.82) is 0 Å². The van der Waals surface area contributed by atoms with Crippen molar-refractivity contribution < 1.29 is 27.5 Å². The lowest BCUT2D eigenvalue weighted by molar-refractivity contribution is -0.153. The molecule has 0 aromatic heterocycles. The van der Waals surface area contributed by atoms with Crippen LogP contribution in [0.25, 0.3) is 0 Å². The predicted octanol–water partition coefficient (Wildman–Crippen LogP) is 4.47. The molecule has 0 heterocycles. The average Bonchev–Trinajstić information content (AvgIpc) is 2.64.